The molecule has 0 atom stereocenters. The van der Waals surface area contributed by atoms with Gasteiger partial charge in [0.2, 0.25) is 0 Å². The second-order valence-corrected chi connectivity index (χ2v) is 3.75. The Hall–Kier alpha value is -1.92. The monoisotopic (exact) mass is 211 g/mol. The molecule has 0 unspecified atom stereocenters. The summed E-state index contributed by atoms with van der Waals surface area (Å²) in [4.78, 5) is 20.9. The number of aromatic amines is 1. The van der Waals surface area contributed by atoms with E-state index in [9.17, 15) is 14.9 Å². The number of carbonyl (C=O) groups is 1. The van der Waals surface area contributed by atoms with Gasteiger partial charge in [-0.1, -0.05) is 0 Å². The molecular formula is C8H9N3O4. The number of hydrogen-bond acceptors (Lipinski definition) is 4. The van der Waals surface area contributed by atoms with E-state index in [1.807, 2.05) is 0 Å². The van der Waals surface area contributed by atoms with E-state index in [4.69, 9.17) is 5.11 Å². The summed E-state index contributed by atoms with van der Waals surface area (Å²) < 4.78 is 0. The summed E-state index contributed by atoms with van der Waals surface area (Å²) in [5.74, 6) is -0.897. The Morgan fingerprint density at radius 2 is 2.40 bits per heavy atom. The molecule has 1 aliphatic rings. The minimum absolute atomic E-state index is 0.137. The Kier molecular flexibility index (Phi) is 1.95. The summed E-state index contributed by atoms with van der Waals surface area (Å²) in [7, 11) is 0. The van der Waals surface area contributed by atoms with Gasteiger partial charge in [-0.05, 0) is 12.8 Å². The van der Waals surface area contributed by atoms with Crippen LogP contribution in [0.2, 0.25) is 0 Å². The molecule has 7 nitrogen and oxygen atoms in total. The molecule has 1 aromatic heterocycles. The Labute approximate surface area is 84.3 Å². The van der Waals surface area contributed by atoms with Crippen molar-refractivity contribution in [2.45, 2.75) is 19.3 Å². The van der Waals surface area contributed by atoms with E-state index in [0.717, 1.165) is 6.20 Å². The van der Waals surface area contributed by atoms with Gasteiger partial charge in [0.15, 0.2) is 0 Å². The molecule has 1 fully saturated rings. The maximum absolute atomic E-state index is 10.9. The van der Waals surface area contributed by atoms with Gasteiger partial charge in [0.05, 0.1) is 10.3 Å². The van der Waals surface area contributed by atoms with E-state index in [-0.39, 0.29) is 12.1 Å². The van der Waals surface area contributed by atoms with Crippen LogP contribution in [0.1, 0.15) is 18.5 Å². The van der Waals surface area contributed by atoms with Gasteiger partial charge in [-0.15, -0.1) is 0 Å². The number of H-pyrrole nitrogens is 1. The maximum atomic E-state index is 10.9. The van der Waals surface area contributed by atoms with Gasteiger partial charge in [0.1, 0.15) is 11.9 Å². The standard InChI is InChI=1S/C8H9N3O4/c12-7(13)8(1-2-8)3-5-6(11(14)15)4-9-10-5/h4H,1-3H2,(H,9,10)(H,12,13). The molecule has 80 valence electrons. The molecule has 1 heterocycles. The molecule has 0 bridgehead atoms. The number of nitrogens with zero attached hydrogens (tertiary/aromatic N) is 2. The Balaban J connectivity index is 2.21. The number of aliphatic carboxylic acids is 1. The number of hydrogen-bond donors (Lipinski definition) is 2. The van der Waals surface area contributed by atoms with Crippen LogP contribution in [-0.2, 0) is 11.2 Å². The van der Waals surface area contributed by atoms with Crippen LogP contribution in [0.5, 0.6) is 0 Å². The van der Waals surface area contributed by atoms with Crippen LogP contribution in [0.25, 0.3) is 0 Å². The van der Waals surface area contributed by atoms with Crippen LogP contribution in [0.3, 0.4) is 0 Å². The summed E-state index contributed by atoms with van der Waals surface area (Å²) >= 11 is 0. The molecule has 2 N–H and O–H groups in total. The van der Waals surface area contributed by atoms with Crippen LogP contribution < -0.4 is 0 Å². The number of rotatable bonds is 4. The number of carboxylic acids is 1. The van der Waals surface area contributed by atoms with Crippen LogP contribution in [0.15, 0.2) is 6.20 Å². The van der Waals surface area contributed by atoms with Gasteiger partial charge in [0.25, 0.3) is 0 Å². The van der Waals surface area contributed by atoms with E-state index in [1.165, 1.54) is 0 Å². The van der Waals surface area contributed by atoms with Gasteiger partial charge in [0, 0.05) is 6.42 Å². The lowest BCUT2D eigenvalue weighted by Gasteiger charge is -2.06. The molecular weight excluding hydrogens is 202 g/mol. The molecule has 0 aromatic carbocycles. The molecule has 0 radical (unpaired) electrons. The van der Waals surface area contributed by atoms with Crippen molar-refractivity contribution >= 4 is 11.7 Å². The fraction of sp³-hybridized carbons (Fsp3) is 0.500. The number of aromatic nitrogens is 2. The molecule has 15 heavy (non-hydrogen) atoms. The first-order valence-corrected chi connectivity index (χ1v) is 4.45. The first kappa shape index (κ1) is 9.63. The number of nitro groups is 1. The molecule has 1 aromatic rings. The minimum Gasteiger partial charge on any atom is -0.481 e. The van der Waals surface area contributed by atoms with Crippen LogP contribution in [0.4, 0.5) is 5.69 Å². The van der Waals surface area contributed by atoms with Crippen molar-refractivity contribution in [1.29, 1.82) is 0 Å². The lowest BCUT2D eigenvalue weighted by molar-refractivity contribution is -0.385. The van der Waals surface area contributed by atoms with Gasteiger partial charge in [-0.25, -0.2) is 0 Å². The van der Waals surface area contributed by atoms with Gasteiger partial charge in [-0.2, -0.15) is 5.10 Å². The van der Waals surface area contributed by atoms with E-state index in [1.54, 1.807) is 0 Å². The summed E-state index contributed by atoms with van der Waals surface area (Å²) in [5.41, 5.74) is -0.653. The van der Waals surface area contributed by atoms with Crippen LogP contribution >= 0.6 is 0 Å². The Morgan fingerprint density at radius 3 is 2.87 bits per heavy atom. The molecule has 2 rings (SSSR count). The second kappa shape index (κ2) is 3.04. The SMILES string of the molecule is O=C(O)C1(Cc2[nH]ncc2[N+](=O)[O-])CC1. The van der Waals surface area contributed by atoms with E-state index < -0.39 is 16.3 Å². The van der Waals surface area contributed by atoms with Crippen molar-refractivity contribution < 1.29 is 14.8 Å². The van der Waals surface area contributed by atoms with E-state index >= 15 is 0 Å². The van der Waals surface area contributed by atoms with Crippen molar-refractivity contribution in [3.63, 3.8) is 0 Å². The minimum atomic E-state index is -0.897. The number of nitrogens with one attached hydrogen (secondary N) is 1. The second-order valence-electron chi connectivity index (χ2n) is 3.75. The summed E-state index contributed by atoms with van der Waals surface area (Å²) in [6, 6.07) is 0. The summed E-state index contributed by atoms with van der Waals surface area (Å²) in [5, 5.41) is 25.5. The smallest absolute Gasteiger partial charge is 0.310 e. The average molecular weight is 211 g/mol. The highest BCUT2D eigenvalue weighted by Gasteiger charge is 2.51. The normalized spacial score (nSPS) is 17.3. The van der Waals surface area contributed by atoms with Crippen molar-refractivity contribution in [3.8, 4) is 0 Å². The lowest BCUT2D eigenvalue weighted by Crippen LogP contribution is -2.18. The van der Waals surface area contributed by atoms with Crippen molar-refractivity contribution in [1.82, 2.24) is 10.2 Å². The third-order valence-corrected chi connectivity index (χ3v) is 2.71. The maximum Gasteiger partial charge on any atom is 0.310 e. The van der Waals surface area contributed by atoms with Crippen molar-refractivity contribution in [2.75, 3.05) is 0 Å². The average Bonchev–Trinajstić information content (AvgIpc) is 2.77. The highest BCUT2D eigenvalue weighted by atomic mass is 16.6. The fourth-order valence-electron chi connectivity index (χ4n) is 1.55. The predicted octanol–water partition coefficient (Wildman–Crippen LogP) is 0.725. The highest BCUT2D eigenvalue weighted by molar-refractivity contribution is 5.78. The lowest BCUT2D eigenvalue weighted by atomic mass is 10.0. The third-order valence-electron chi connectivity index (χ3n) is 2.71. The summed E-state index contributed by atoms with van der Waals surface area (Å²) in [6.45, 7) is 0. The molecule has 0 saturated heterocycles. The first-order valence-electron chi connectivity index (χ1n) is 4.45. The predicted molar refractivity (Wildman–Crippen MR) is 48.2 cm³/mol. The van der Waals surface area contributed by atoms with Crippen LogP contribution in [0, 0.1) is 15.5 Å². The first-order chi connectivity index (χ1) is 7.05. The molecule has 0 amide bonds. The molecule has 0 aliphatic heterocycles. The third kappa shape index (κ3) is 1.56. The molecule has 1 saturated carbocycles. The quantitative estimate of drug-likeness (QED) is 0.563. The molecule has 7 heteroatoms. The zero-order valence-electron chi connectivity index (χ0n) is 7.77. The van der Waals surface area contributed by atoms with Gasteiger partial charge >= 0.3 is 11.7 Å². The summed E-state index contributed by atoms with van der Waals surface area (Å²) in [6.07, 6.45) is 2.39. The highest BCUT2D eigenvalue weighted by Crippen LogP contribution is 2.49. The van der Waals surface area contributed by atoms with Crippen molar-refractivity contribution in [3.05, 3.63) is 22.0 Å². The number of carboxylic acid groups (broad SMARTS) is 1. The van der Waals surface area contributed by atoms with Gasteiger partial charge in [-0.3, -0.25) is 20.0 Å². The van der Waals surface area contributed by atoms with Gasteiger partial charge < -0.3 is 5.11 Å². The Morgan fingerprint density at radius 1 is 1.73 bits per heavy atom. The van der Waals surface area contributed by atoms with Crippen molar-refractivity contribution in [2.24, 2.45) is 5.41 Å². The zero-order valence-corrected chi connectivity index (χ0v) is 7.77. The molecule has 0 spiro atoms. The fourth-order valence-corrected chi connectivity index (χ4v) is 1.55. The topological polar surface area (TPSA) is 109 Å². The largest absolute Gasteiger partial charge is 0.481 e. The van der Waals surface area contributed by atoms with Crippen LogP contribution in [-0.4, -0.2) is 26.2 Å². The van der Waals surface area contributed by atoms with E-state index in [2.05, 4.69) is 10.2 Å². The van der Waals surface area contributed by atoms with E-state index in [0.29, 0.717) is 18.5 Å². The Bertz CT molecular complexity index is 421. The zero-order chi connectivity index (χ0) is 11.1. The molecule has 1 aliphatic carbocycles.